The number of rotatable bonds is 7. The van der Waals surface area contributed by atoms with Gasteiger partial charge in [0.05, 0.1) is 5.39 Å². The highest BCUT2D eigenvalue weighted by Gasteiger charge is 2.09. The van der Waals surface area contributed by atoms with Crippen LogP contribution in [0.1, 0.15) is 13.8 Å². The number of fused-ring (bicyclic) bond motifs is 1. The molecule has 0 aliphatic rings. The van der Waals surface area contributed by atoms with E-state index in [4.69, 9.17) is 4.74 Å². The third-order valence-corrected chi connectivity index (χ3v) is 4.67. The molecule has 0 aliphatic carbocycles. The second-order valence-corrected chi connectivity index (χ2v) is 6.27. The Morgan fingerprint density at radius 2 is 1.92 bits per heavy atom. The average molecular weight is 356 g/mol. The number of anilines is 2. The normalized spacial score (nSPS) is 10.6. The number of carbonyl (C=O) groups is 1. The van der Waals surface area contributed by atoms with Gasteiger partial charge in [0.25, 0.3) is 5.91 Å². The molecule has 0 atom stereocenters. The summed E-state index contributed by atoms with van der Waals surface area (Å²) in [5.74, 6) is 0.205. The van der Waals surface area contributed by atoms with Crippen LogP contribution in [0.4, 0.5) is 11.4 Å². The fraction of sp³-hybridized carbons (Fsp3) is 0.278. The third-order valence-electron chi connectivity index (χ3n) is 3.84. The topological polar surface area (TPSA) is 67.4 Å². The molecule has 0 fully saturated rings. The summed E-state index contributed by atoms with van der Waals surface area (Å²) in [4.78, 5) is 23.4. The maximum absolute atomic E-state index is 12.1. The molecule has 0 spiro atoms. The third kappa shape index (κ3) is 4.06. The predicted molar refractivity (Wildman–Crippen MR) is 102 cm³/mol. The van der Waals surface area contributed by atoms with E-state index in [0.29, 0.717) is 5.88 Å². The quantitative estimate of drug-likeness (QED) is 0.701. The zero-order valence-corrected chi connectivity index (χ0v) is 15.0. The zero-order chi connectivity index (χ0) is 17.6. The molecule has 0 bridgehead atoms. The molecular formula is C18H20N4O2S. The lowest BCUT2D eigenvalue weighted by molar-refractivity contribution is -0.118. The fourth-order valence-corrected chi connectivity index (χ4v) is 3.28. The Labute approximate surface area is 150 Å². The van der Waals surface area contributed by atoms with Gasteiger partial charge >= 0.3 is 0 Å². The van der Waals surface area contributed by atoms with Crippen molar-refractivity contribution in [1.29, 1.82) is 0 Å². The summed E-state index contributed by atoms with van der Waals surface area (Å²) in [6, 6.07) is 9.69. The molecule has 7 heteroatoms. The van der Waals surface area contributed by atoms with E-state index in [2.05, 4.69) is 34.0 Å². The second-order valence-electron chi connectivity index (χ2n) is 5.37. The number of hydrogen-bond donors (Lipinski definition) is 1. The molecule has 1 amide bonds. The number of nitrogens with zero attached hydrogens (tertiary/aromatic N) is 3. The summed E-state index contributed by atoms with van der Waals surface area (Å²) >= 11 is 1.51. The highest BCUT2D eigenvalue weighted by Crippen LogP contribution is 2.25. The van der Waals surface area contributed by atoms with Crippen molar-refractivity contribution in [3.8, 4) is 5.88 Å². The highest BCUT2D eigenvalue weighted by molar-refractivity contribution is 7.16. The van der Waals surface area contributed by atoms with Gasteiger partial charge in [-0.3, -0.25) is 4.79 Å². The van der Waals surface area contributed by atoms with E-state index in [1.54, 1.807) is 0 Å². The van der Waals surface area contributed by atoms with Gasteiger partial charge in [-0.1, -0.05) is 0 Å². The van der Waals surface area contributed by atoms with Crippen molar-refractivity contribution in [1.82, 2.24) is 9.97 Å². The van der Waals surface area contributed by atoms with E-state index in [-0.39, 0.29) is 12.5 Å². The average Bonchev–Trinajstić information content (AvgIpc) is 3.12. The summed E-state index contributed by atoms with van der Waals surface area (Å²) < 4.78 is 5.54. The van der Waals surface area contributed by atoms with E-state index in [9.17, 15) is 4.79 Å². The van der Waals surface area contributed by atoms with E-state index in [1.807, 2.05) is 35.7 Å². The Hall–Kier alpha value is -2.67. The number of carbonyl (C=O) groups excluding carboxylic acids is 1. The number of aromatic nitrogens is 2. The molecule has 1 aromatic carbocycles. The van der Waals surface area contributed by atoms with Crippen LogP contribution >= 0.6 is 11.3 Å². The number of amides is 1. The number of ether oxygens (including phenoxy) is 1. The van der Waals surface area contributed by atoms with Crippen molar-refractivity contribution in [2.45, 2.75) is 13.8 Å². The summed E-state index contributed by atoms with van der Waals surface area (Å²) in [7, 11) is 0. The van der Waals surface area contributed by atoms with Crippen LogP contribution in [0.3, 0.4) is 0 Å². The minimum Gasteiger partial charge on any atom is -0.467 e. The minimum absolute atomic E-state index is 0.0975. The van der Waals surface area contributed by atoms with Crippen molar-refractivity contribution in [2.75, 3.05) is 29.9 Å². The fourth-order valence-electron chi connectivity index (χ4n) is 2.56. The molecule has 0 saturated heterocycles. The summed E-state index contributed by atoms with van der Waals surface area (Å²) in [5, 5.41) is 5.58. The first-order valence-corrected chi connectivity index (χ1v) is 9.05. The monoisotopic (exact) mass is 356 g/mol. The van der Waals surface area contributed by atoms with Crippen LogP contribution in [0.2, 0.25) is 0 Å². The lowest BCUT2D eigenvalue weighted by Gasteiger charge is -2.21. The first-order valence-electron chi connectivity index (χ1n) is 8.17. The van der Waals surface area contributed by atoms with Crippen molar-refractivity contribution >= 4 is 38.8 Å². The predicted octanol–water partition coefficient (Wildman–Crippen LogP) is 3.56. The molecular weight excluding hydrogens is 336 g/mol. The van der Waals surface area contributed by atoms with Gasteiger partial charge in [0, 0.05) is 24.5 Å². The number of nitrogens with one attached hydrogen (secondary N) is 1. The maximum atomic E-state index is 12.1. The largest absolute Gasteiger partial charge is 0.467 e. The Morgan fingerprint density at radius 1 is 1.16 bits per heavy atom. The molecule has 2 aromatic heterocycles. The first-order chi connectivity index (χ1) is 12.2. The Bertz CT molecular complexity index is 844. The zero-order valence-electron chi connectivity index (χ0n) is 14.2. The van der Waals surface area contributed by atoms with Crippen LogP contribution in [-0.2, 0) is 4.79 Å². The van der Waals surface area contributed by atoms with E-state index < -0.39 is 0 Å². The van der Waals surface area contributed by atoms with Crippen LogP contribution in [0.25, 0.3) is 10.2 Å². The van der Waals surface area contributed by atoms with Gasteiger partial charge in [-0.05, 0) is 49.6 Å². The molecule has 0 aliphatic heterocycles. The van der Waals surface area contributed by atoms with Crippen LogP contribution in [0.5, 0.6) is 5.88 Å². The smallest absolute Gasteiger partial charge is 0.262 e. The maximum Gasteiger partial charge on any atom is 0.262 e. The summed E-state index contributed by atoms with van der Waals surface area (Å²) in [5.41, 5.74) is 1.88. The van der Waals surface area contributed by atoms with Crippen LogP contribution in [0, 0.1) is 0 Å². The molecule has 3 aromatic rings. The second kappa shape index (κ2) is 7.94. The van der Waals surface area contributed by atoms with Crippen LogP contribution < -0.4 is 15.0 Å². The van der Waals surface area contributed by atoms with Gasteiger partial charge < -0.3 is 15.0 Å². The number of hydrogen-bond acceptors (Lipinski definition) is 6. The standard InChI is InChI=1S/C18H20N4O2S/c1-3-22(4-2)14-7-5-13(6-8-14)21-16(23)11-24-17-15-9-10-25-18(15)20-12-19-17/h5-10,12H,3-4,11H2,1-2H3,(H,21,23). The van der Waals surface area contributed by atoms with Crippen molar-refractivity contribution in [3.05, 3.63) is 42.0 Å². The molecule has 25 heavy (non-hydrogen) atoms. The van der Waals surface area contributed by atoms with Crippen molar-refractivity contribution in [2.24, 2.45) is 0 Å². The lowest BCUT2D eigenvalue weighted by atomic mass is 10.2. The van der Waals surface area contributed by atoms with Gasteiger partial charge in [-0.15, -0.1) is 11.3 Å². The molecule has 0 radical (unpaired) electrons. The Balaban J connectivity index is 1.58. The SMILES string of the molecule is CCN(CC)c1ccc(NC(=O)COc2ncnc3sccc23)cc1. The number of benzene rings is 1. The Kier molecular flexibility index (Phi) is 5.45. The molecule has 3 rings (SSSR count). The van der Waals surface area contributed by atoms with Crippen molar-refractivity contribution < 1.29 is 9.53 Å². The first kappa shape index (κ1) is 17.2. The van der Waals surface area contributed by atoms with E-state index >= 15 is 0 Å². The summed E-state index contributed by atoms with van der Waals surface area (Å²) in [6.07, 6.45) is 1.44. The van der Waals surface area contributed by atoms with Gasteiger partial charge in [0.1, 0.15) is 11.2 Å². The highest BCUT2D eigenvalue weighted by atomic mass is 32.1. The molecule has 2 heterocycles. The molecule has 130 valence electrons. The summed E-state index contributed by atoms with van der Waals surface area (Å²) in [6.45, 7) is 6.04. The lowest BCUT2D eigenvalue weighted by Crippen LogP contribution is -2.22. The van der Waals surface area contributed by atoms with Gasteiger partial charge in [-0.2, -0.15) is 0 Å². The van der Waals surface area contributed by atoms with E-state index in [0.717, 1.165) is 34.7 Å². The van der Waals surface area contributed by atoms with Crippen molar-refractivity contribution in [3.63, 3.8) is 0 Å². The molecule has 0 unspecified atom stereocenters. The van der Waals surface area contributed by atoms with E-state index in [1.165, 1.54) is 17.7 Å². The van der Waals surface area contributed by atoms with Gasteiger partial charge in [0.2, 0.25) is 5.88 Å². The Morgan fingerprint density at radius 3 is 2.64 bits per heavy atom. The molecule has 1 N–H and O–H groups in total. The van der Waals surface area contributed by atoms with Gasteiger partial charge in [0.15, 0.2) is 6.61 Å². The minimum atomic E-state index is -0.224. The molecule has 6 nitrogen and oxygen atoms in total. The van der Waals surface area contributed by atoms with Gasteiger partial charge in [-0.25, -0.2) is 9.97 Å². The number of thiophene rings is 1. The van der Waals surface area contributed by atoms with Crippen LogP contribution in [-0.4, -0.2) is 35.6 Å². The van der Waals surface area contributed by atoms with Crippen LogP contribution in [0.15, 0.2) is 42.0 Å². The molecule has 0 saturated carbocycles.